The summed E-state index contributed by atoms with van der Waals surface area (Å²) in [7, 11) is -3.62. The average molecular weight is 425 g/mol. The van der Waals surface area contributed by atoms with Gasteiger partial charge in [0.1, 0.15) is 0 Å². The molecule has 2 aromatic carbocycles. The van der Waals surface area contributed by atoms with Gasteiger partial charge in [-0.25, -0.2) is 8.42 Å². The molecule has 0 spiro atoms. The van der Waals surface area contributed by atoms with Crippen LogP contribution in [-0.4, -0.2) is 41.9 Å². The summed E-state index contributed by atoms with van der Waals surface area (Å²) in [5.41, 5.74) is 3.30. The van der Waals surface area contributed by atoms with Gasteiger partial charge in [-0.1, -0.05) is 24.6 Å². The van der Waals surface area contributed by atoms with Crippen molar-refractivity contribution >= 4 is 21.6 Å². The van der Waals surface area contributed by atoms with Crippen molar-refractivity contribution in [1.82, 2.24) is 14.5 Å². The Morgan fingerprint density at radius 3 is 2.60 bits per heavy atom. The number of anilines is 1. The molecule has 0 bridgehead atoms. The molecule has 1 aromatic heterocycles. The van der Waals surface area contributed by atoms with Crippen LogP contribution in [0.4, 0.5) is 5.69 Å². The third-order valence-corrected chi connectivity index (χ3v) is 7.36. The van der Waals surface area contributed by atoms with E-state index in [1.165, 1.54) is 10.4 Å². The van der Waals surface area contributed by atoms with Gasteiger partial charge in [-0.15, -0.1) is 0 Å². The number of benzene rings is 2. The second kappa shape index (κ2) is 8.41. The first-order valence-electron chi connectivity index (χ1n) is 9.97. The summed E-state index contributed by atoms with van der Waals surface area (Å²) >= 11 is 0. The van der Waals surface area contributed by atoms with E-state index in [0.717, 1.165) is 30.5 Å². The Kier molecular flexibility index (Phi) is 5.69. The molecule has 3 aromatic rings. The topological polar surface area (TPSA) is 95.2 Å². The molecule has 0 unspecified atom stereocenters. The fourth-order valence-electron chi connectivity index (χ4n) is 3.65. The lowest BCUT2D eigenvalue weighted by Crippen LogP contribution is -2.36. The van der Waals surface area contributed by atoms with Gasteiger partial charge in [0.05, 0.1) is 10.6 Å². The van der Waals surface area contributed by atoms with Crippen LogP contribution in [0.5, 0.6) is 0 Å². The van der Waals surface area contributed by atoms with Crippen LogP contribution in [0.1, 0.15) is 35.2 Å². The minimum Gasteiger partial charge on any atom is -0.322 e. The predicted molar refractivity (Wildman–Crippen MR) is 116 cm³/mol. The van der Waals surface area contributed by atoms with Crippen LogP contribution < -0.4 is 5.32 Å². The van der Waals surface area contributed by atoms with E-state index in [0.29, 0.717) is 29.9 Å². The number of hydrogen-bond acceptors (Lipinski definition) is 4. The van der Waals surface area contributed by atoms with Crippen LogP contribution in [0.3, 0.4) is 0 Å². The molecule has 1 aliphatic heterocycles. The highest BCUT2D eigenvalue weighted by molar-refractivity contribution is 7.89. The van der Waals surface area contributed by atoms with Gasteiger partial charge in [0, 0.05) is 36.1 Å². The smallest absolute Gasteiger partial charge is 0.255 e. The standard InChI is InChI=1S/C22H24N4O3S/c1-16-8-9-18(15-21(16)30(28,29)26-12-3-2-4-13-26)22(27)24-19-7-5-6-17(14-19)20-10-11-23-25-20/h5-11,14-15H,2-4,12-13H2,1H3,(H,23,25)(H,24,27). The van der Waals surface area contributed by atoms with Gasteiger partial charge in [0.25, 0.3) is 5.91 Å². The largest absolute Gasteiger partial charge is 0.322 e. The molecule has 30 heavy (non-hydrogen) atoms. The summed E-state index contributed by atoms with van der Waals surface area (Å²) in [6, 6.07) is 14.0. The molecule has 0 aliphatic carbocycles. The number of nitrogens with zero attached hydrogens (tertiary/aromatic N) is 2. The summed E-state index contributed by atoms with van der Waals surface area (Å²) in [5.74, 6) is -0.355. The summed E-state index contributed by atoms with van der Waals surface area (Å²) in [4.78, 5) is 13.0. The minimum absolute atomic E-state index is 0.197. The Morgan fingerprint density at radius 1 is 1.07 bits per heavy atom. The van der Waals surface area contributed by atoms with Crippen LogP contribution in [-0.2, 0) is 10.0 Å². The van der Waals surface area contributed by atoms with Crippen molar-refractivity contribution in [1.29, 1.82) is 0 Å². The van der Waals surface area contributed by atoms with Gasteiger partial charge in [0.2, 0.25) is 10.0 Å². The summed E-state index contributed by atoms with van der Waals surface area (Å²) in [5, 5.41) is 9.69. The Morgan fingerprint density at radius 2 is 1.87 bits per heavy atom. The second-order valence-corrected chi connectivity index (χ2v) is 9.36. The Hall–Kier alpha value is -2.97. The number of aryl methyl sites for hydroxylation is 1. The fraction of sp³-hybridized carbons (Fsp3) is 0.273. The van der Waals surface area contributed by atoms with Gasteiger partial charge in [-0.05, 0) is 55.7 Å². The summed E-state index contributed by atoms with van der Waals surface area (Å²) < 4.78 is 27.7. The molecule has 8 heteroatoms. The van der Waals surface area contributed by atoms with Crippen molar-refractivity contribution in [2.75, 3.05) is 18.4 Å². The van der Waals surface area contributed by atoms with Gasteiger partial charge in [0.15, 0.2) is 0 Å². The highest BCUT2D eigenvalue weighted by atomic mass is 32.2. The SMILES string of the molecule is Cc1ccc(C(=O)Nc2cccc(-c3ccn[nH]3)c2)cc1S(=O)(=O)N1CCCCC1. The number of sulfonamides is 1. The van der Waals surface area contributed by atoms with E-state index < -0.39 is 10.0 Å². The number of carbonyl (C=O) groups excluding carboxylic acids is 1. The van der Waals surface area contributed by atoms with Crippen molar-refractivity contribution in [2.24, 2.45) is 0 Å². The molecule has 1 fully saturated rings. The third kappa shape index (κ3) is 4.15. The number of H-pyrrole nitrogens is 1. The number of hydrogen-bond donors (Lipinski definition) is 2. The number of rotatable bonds is 5. The molecule has 0 atom stereocenters. The molecule has 0 radical (unpaired) electrons. The normalized spacial score (nSPS) is 15.1. The number of amides is 1. The van der Waals surface area contributed by atoms with E-state index in [1.807, 2.05) is 24.3 Å². The molecule has 4 rings (SSSR count). The van der Waals surface area contributed by atoms with Crippen LogP contribution in [0.15, 0.2) is 59.6 Å². The molecule has 7 nitrogen and oxygen atoms in total. The maximum Gasteiger partial charge on any atom is 0.255 e. The first kappa shape index (κ1) is 20.3. The Labute approximate surface area is 176 Å². The quantitative estimate of drug-likeness (QED) is 0.651. The predicted octanol–water partition coefficient (Wildman–Crippen LogP) is 3.81. The third-order valence-electron chi connectivity index (χ3n) is 5.32. The van der Waals surface area contributed by atoms with E-state index in [2.05, 4.69) is 15.5 Å². The monoisotopic (exact) mass is 424 g/mol. The second-order valence-electron chi connectivity index (χ2n) is 7.45. The molecule has 1 aliphatic rings. The van der Waals surface area contributed by atoms with E-state index in [-0.39, 0.29) is 10.8 Å². The maximum atomic E-state index is 13.1. The van der Waals surface area contributed by atoms with Gasteiger partial charge in [-0.2, -0.15) is 9.40 Å². The highest BCUT2D eigenvalue weighted by Crippen LogP contribution is 2.25. The van der Waals surface area contributed by atoms with Gasteiger partial charge < -0.3 is 5.32 Å². The lowest BCUT2D eigenvalue weighted by molar-refractivity contribution is 0.102. The first-order chi connectivity index (χ1) is 14.4. The number of aromatic amines is 1. The number of nitrogens with one attached hydrogen (secondary N) is 2. The molecule has 2 heterocycles. The zero-order chi connectivity index (χ0) is 21.1. The van der Waals surface area contributed by atoms with Crippen molar-refractivity contribution < 1.29 is 13.2 Å². The van der Waals surface area contributed by atoms with Crippen molar-refractivity contribution in [3.63, 3.8) is 0 Å². The van der Waals surface area contributed by atoms with Crippen molar-refractivity contribution in [3.8, 4) is 11.3 Å². The number of carbonyl (C=O) groups is 1. The molecule has 1 saturated heterocycles. The molecule has 156 valence electrons. The first-order valence-corrected chi connectivity index (χ1v) is 11.4. The lowest BCUT2D eigenvalue weighted by atomic mass is 10.1. The number of aromatic nitrogens is 2. The van der Waals surface area contributed by atoms with E-state index in [1.54, 1.807) is 31.3 Å². The molecule has 1 amide bonds. The Balaban J connectivity index is 1.58. The zero-order valence-electron chi connectivity index (χ0n) is 16.8. The van der Waals surface area contributed by atoms with Gasteiger partial charge >= 0.3 is 0 Å². The number of piperidine rings is 1. The highest BCUT2D eigenvalue weighted by Gasteiger charge is 2.28. The summed E-state index contributed by atoms with van der Waals surface area (Å²) in [6.07, 6.45) is 4.44. The molecular weight excluding hydrogens is 400 g/mol. The summed E-state index contributed by atoms with van der Waals surface area (Å²) in [6.45, 7) is 2.81. The van der Waals surface area contributed by atoms with E-state index >= 15 is 0 Å². The lowest BCUT2D eigenvalue weighted by Gasteiger charge is -2.26. The zero-order valence-corrected chi connectivity index (χ0v) is 17.6. The van der Waals surface area contributed by atoms with Crippen molar-refractivity contribution in [3.05, 3.63) is 65.9 Å². The fourth-order valence-corrected chi connectivity index (χ4v) is 5.42. The maximum absolute atomic E-state index is 13.1. The van der Waals surface area contributed by atoms with Crippen molar-refractivity contribution in [2.45, 2.75) is 31.1 Å². The van der Waals surface area contributed by atoms with Crippen LogP contribution >= 0.6 is 0 Å². The average Bonchev–Trinajstić information content (AvgIpc) is 3.30. The van der Waals surface area contributed by atoms with E-state index in [4.69, 9.17) is 0 Å². The molecule has 2 N–H and O–H groups in total. The van der Waals surface area contributed by atoms with Crippen LogP contribution in [0.25, 0.3) is 11.3 Å². The van der Waals surface area contributed by atoms with E-state index in [9.17, 15) is 13.2 Å². The molecular formula is C22H24N4O3S. The van der Waals surface area contributed by atoms with Gasteiger partial charge in [-0.3, -0.25) is 9.89 Å². The minimum atomic E-state index is -3.62. The molecule has 0 saturated carbocycles. The Bertz CT molecular complexity index is 1150. The van der Waals surface area contributed by atoms with Crippen LogP contribution in [0, 0.1) is 6.92 Å². The van der Waals surface area contributed by atoms with Crippen LogP contribution in [0.2, 0.25) is 0 Å².